The molecular formula is C24H30N4O2. The van der Waals surface area contributed by atoms with Gasteiger partial charge in [-0.25, -0.2) is 0 Å². The molecule has 0 radical (unpaired) electrons. The van der Waals surface area contributed by atoms with Crippen LogP contribution in [0.1, 0.15) is 48.2 Å². The van der Waals surface area contributed by atoms with E-state index in [2.05, 4.69) is 10.6 Å². The molecule has 0 fully saturated rings. The number of benzene rings is 1. The molecule has 0 saturated carbocycles. The van der Waals surface area contributed by atoms with Crippen LogP contribution in [-0.2, 0) is 36.5 Å². The average molecular weight is 407 g/mol. The van der Waals surface area contributed by atoms with Gasteiger partial charge >= 0.3 is 0 Å². The number of rotatable bonds is 8. The molecule has 30 heavy (non-hydrogen) atoms. The van der Waals surface area contributed by atoms with Crippen LogP contribution in [0.15, 0.2) is 61.2 Å². The number of amides is 2. The number of nitrogens with zero attached hydrogens (tertiary/aromatic N) is 2. The fraction of sp³-hybridized carbons (Fsp3) is 0.333. The molecule has 2 heterocycles. The first-order chi connectivity index (χ1) is 14.3. The molecular weight excluding hydrogens is 376 g/mol. The minimum atomic E-state index is -0.0340. The summed E-state index contributed by atoms with van der Waals surface area (Å²) in [5.74, 6) is -0.0398. The number of nitrogens with one attached hydrogen (secondary N) is 2. The third-order valence-corrected chi connectivity index (χ3v) is 5.22. The van der Waals surface area contributed by atoms with Crippen molar-refractivity contribution in [3.63, 3.8) is 0 Å². The van der Waals surface area contributed by atoms with Crippen molar-refractivity contribution in [2.24, 2.45) is 14.1 Å². The molecule has 158 valence electrons. The molecule has 6 heteroatoms. The van der Waals surface area contributed by atoms with Gasteiger partial charge in [0.2, 0.25) is 11.8 Å². The van der Waals surface area contributed by atoms with Crippen molar-refractivity contribution < 1.29 is 9.59 Å². The van der Waals surface area contributed by atoms with Gasteiger partial charge in [0.05, 0.1) is 24.9 Å². The fourth-order valence-corrected chi connectivity index (χ4v) is 3.46. The third kappa shape index (κ3) is 5.86. The molecule has 2 N–H and O–H groups in total. The topological polar surface area (TPSA) is 68.1 Å². The zero-order chi connectivity index (χ0) is 21.7. The van der Waals surface area contributed by atoms with Gasteiger partial charge < -0.3 is 19.8 Å². The minimum absolute atomic E-state index is 0.0199. The number of carbonyl (C=O) groups is 2. The molecule has 0 aliphatic rings. The normalized spacial score (nSPS) is 12.9. The predicted molar refractivity (Wildman–Crippen MR) is 118 cm³/mol. The van der Waals surface area contributed by atoms with Crippen LogP contribution in [0.25, 0.3) is 0 Å². The maximum absolute atomic E-state index is 12.3. The Kier molecular flexibility index (Phi) is 6.77. The Bertz CT molecular complexity index is 919. The second-order valence-corrected chi connectivity index (χ2v) is 7.97. The van der Waals surface area contributed by atoms with Gasteiger partial charge in [-0.1, -0.05) is 24.3 Å². The van der Waals surface area contributed by atoms with E-state index >= 15 is 0 Å². The summed E-state index contributed by atoms with van der Waals surface area (Å²) in [4.78, 5) is 24.7. The van der Waals surface area contributed by atoms with Crippen molar-refractivity contribution in [2.75, 3.05) is 0 Å². The number of hydrogen-bond donors (Lipinski definition) is 2. The number of hydrogen-bond acceptors (Lipinski definition) is 2. The lowest BCUT2D eigenvalue weighted by molar-refractivity contribution is -0.122. The van der Waals surface area contributed by atoms with Crippen LogP contribution in [0.2, 0.25) is 0 Å². The van der Waals surface area contributed by atoms with Gasteiger partial charge in [-0.3, -0.25) is 9.59 Å². The first-order valence-corrected chi connectivity index (χ1v) is 10.2. The second-order valence-electron chi connectivity index (χ2n) is 7.97. The molecule has 2 amide bonds. The van der Waals surface area contributed by atoms with Crippen molar-refractivity contribution in [3.8, 4) is 0 Å². The van der Waals surface area contributed by atoms with Crippen LogP contribution >= 0.6 is 0 Å². The standard InChI is InChI=1S/C24H30N4O2/c1-17(21-9-11-27(3)15-21)25-23(29)13-19-5-7-20(8-6-19)14-24(30)26-18(2)22-10-12-28(4)16-22/h5-12,15-18H,13-14H2,1-4H3,(H,25,29)(H,26,30). The first-order valence-electron chi connectivity index (χ1n) is 10.2. The average Bonchev–Trinajstić information content (AvgIpc) is 3.31. The maximum atomic E-state index is 12.3. The molecule has 2 atom stereocenters. The second kappa shape index (κ2) is 9.48. The van der Waals surface area contributed by atoms with Gasteiger partial charge in [-0.2, -0.15) is 0 Å². The zero-order valence-corrected chi connectivity index (χ0v) is 18.1. The monoisotopic (exact) mass is 406 g/mol. The van der Waals surface area contributed by atoms with Crippen molar-refractivity contribution in [1.82, 2.24) is 19.8 Å². The van der Waals surface area contributed by atoms with Crippen molar-refractivity contribution >= 4 is 11.8 Å². The van der Waals surface area contributed by atoms with Crippen LogP contribution in [0, 0.1) is 0 Å². The quantitative estimate of drug-likeness (QED) is 0.603. The van der Waals surface area contributed by atoms with Crippen LogP contribution in [0.4, 0.5) is 0 Å². The lowest BCUT2D eigenvalue weighted by atomic mass is 10.1. The SMILES string of the molecule is CC(NC(=O)Cc1ccc(CC(=O)NC(C)c2ccn(C)c2)cc1)c1ccn(C)c1. The molecule has 2 aromatic heterocycles. The summed E-state index contributed by atoms with van der Waals surface area (Å²) < 4.78 is 3.93. The van der Waals surface area contributed by atoms with E-state index in [0.29, 0.717) is 12.8 Å². The summed E-state index contributed by atoms with van der Waals surface area (Å²) in [5.41, 5.74) is 4.01. The summed E-state index contributed by atoms with van der Waals surface area (Å²) in [5, 5.41) is 6.05. The highest BCUT2D eigenvalue weighted by Crippen LogP contribution is 2.14. The van der Waals surface area contributed by atoms with E-state index in [0.717, 1.165) is 22.3 Å². The summed E-state index contributed by atoms with van der Waals surface area (Å²) in [6.07, 6.45) is 8.57. The molecule has 0 bridgehead atoms. The largest absolute Gasteiger partial charge is 0.357 e. The molecule has 0 spiro atoms. The molecule has 6 nitrogen and oxygen atoms in total. The van der Waals surface area contributed by atoms with Crippen LogP contribution in [0.3, 0.4) is 0 Å². The Morgan fingerprint density at radius 1 is 0.733 bits per heavy atom. The minimum Gasteiger partial charge on any atom is -0.357 e. The van der Waals surface area contributed by atoms with Crippen molar-refractivity contribution in [2.45, 2.75) is 38.8 Å². The van der Waals surface area contributed by atoms with E-state index in [1.165, 1.54) is 0 Å². The molecule has 1 aromatic carbocycles. The fourth-order valence-electron chi connectivity index (χ4n) is 3.46. The molecule has 0 aliphatic heterocycles. The molecule has 2 unspecified atom stereocenters. The predicted octanol–water partition coefficient (Wildman–Crippen LogP) is 3.20. The van der Waals surface area contributed by atoms with E-state index in [4.69, 9.17) is 0 Å². The summed E-state index contributed by atoms with van der Waals surface area (Å²) >= 11 is 0. The van der Waals surface area contributed by atoms with E-state index in [1.54, 1.807) is 0 Å². The van der Waals surface area contributed by atoms with E-state index < -0.39 is 0 Å². The van der Waals surface area contributed by atoms with Crippen molar-refractivity contribution in [3.05, 3.63) is 83.4 Å². The Hall–Kier alpha value is -3.28. The van der Waals surface area contributed by atoms with Crippen molar-refractivity contribution in [1.29, 1.82) is 0 Å². The van der Waals surface area contributed by atoms with Gasteiger partial charge in [0.1, 0.15) is 0 Å². The Morgan fingerprint density at radius 2 is 1.10 bits per heavy atom. The summed E-state index contributed by atoms with van der Waals surface area (Å²) in [6.45, 7) is 3.96. The molecule has 0 aliphatic carbocycles. The molecule has 0 saturated heterocycles. The maximum Gasteiger partial charge on any atom is 0.224 e. The van der Waals surface area contributed by atoms with Crippen LogP contribution in [0.5, 0.6) is 0 Å². The van der Waals surface area contributed by atoms with Crippen LogP contribution < -0.4 is 10.6 Å². The van der Waals surface area contributed by atoms with E-state index in [1.807, 2.05) is 98.3 Å². The third-order valence-electron chi connectivity index (χ3n) is 5.22. The van der Waals surface area contributed by atoms with Gasteiger partial charge in [0.15, 0.2) is 0 Å². The summed E-state index contributed by atoms with van der Waals surface area (Å²) in [6, 6.07) is 11.6. The lowest BCUT2D eigenvalue weighted by Gasteiger charge is -2.13. The Labute approximate surface area is 177 Å². The summed E-state index contributed by atoms with van der Waals surface area (Å²) in [7, 11) is 3.92. The highest BCUT2D eigenvalue weighted by atomic mass is 16.2. The number of aryl methyl sites for hydroxylation is 2. The molecule has 3 rings (SSSR count). The zero-order valence-electron chi connectivity index (χ0n) is 18.1. The van der Waals surface area contributed by atoms with Gasteiger partial charge in [-0.05, 0) is 48.2 Å². The first kappa shape index (κ1) is 21.4. The smallest absolute Gasteiger partial charge is 0.224 e. The van der Waals surface area contributed by atoms with E-state index in [-0.39, 0.29) is 23.9 Å². The van der Waals surface area contributed by atoms with E-state index in [9.17, 15) is 9.59 Å². The molecule has 3 aromatic rings. The Morgan fingerprint density at radius 3 is 1.40 bits per heavy atom. The number of carbonyl (C=O) groups excluding carboxylic acids is 2. The lowest BCUT2D eigenvalue weighted by Crippen LogP contribution is -2.28. The van der Waals surface area contributed by atoms with Gasteiger partial charge in [-0.15, -0.1) is 0 Å². The van der Waals surface area contributed by atoms with Gasteiger partial charge in [0.25, 0.3) is 0 Å². The Balaban J connectivity index is 1.48. The van der Waals surface area contributed by atoms with Gasteiger partial charge in [0, 0.05) is 38.9 Å². The highest BCUT2D eigenvalue weighted by Gasteiger charge is 2.13. The number of aromatic nitrogens is 2. The van der Waals surface area contributed by atoms with Crippen LogP contribution in [-0.4, -0.2) is 20.9 Å². The highest BCUT2D eigenvalue weighted by molar-refractivity contribution is 5.80.